The van der Waals surface area contributed by atoms with Gasteiger partial charge in [-0.3, -0.25) is 4.79 Å². The van der Waals surface area contributed by atoms with Gasteiger partial charge in [-0.15, -0.1) is 0 Å². The lowest BCUT2D eigenvalue weighted by Crippen LogP contribution is -2.35. The fourth-order valence-corrected chi connectivity index (χ4v) is 2.07. The van der Waals surface area contributed by atoms with Gasteiger partial charge in [0.1, 0.15) is 0 Å². The number of thiocarbonyl (C=S) groups is 1. The summed E-state index contributed by atoms with van der Waals surface area (Å²) < 4.78 is 0. The fraction of sp³-hybridized carbons (Fsp3) is 0.273. The molecule has 0 saturated heterocycles. The smallest absolute Gasteiger partial charge is 0.253 e. The molecule has 0 aliphatic heterocycles. The van der Waals surface area contributed by atoms with E-state index in [1.165, 1.54) is 6.07 Å². The number of carbonyl (C=O) groups is 1. The second-order valence-corrected chi connectivity index (χ2v) is 5.04. The minimum Gasteiger partial charge on any atom is -0.393 e. The third kappa shape index (κ3) is 4.50. The van der Waals surface area contributed by atoms with Crippen molar-refractivity contribution in [3.05, 3.63) is 33.8 Å². The molecule has 1 atom stereocenters. The summed E-state index contributed by atoms with van der Waals surface area (Å²) >= 11 is 16.4. The highest BCUT2D eigenvalue weighted by molar-refractivity contribution is 7.80. The Labute approximate surface area is 115 Å². The topological polar surface area (TPSA) is 55.1 Å². The summed E-state index contributed by atoms with van der Waals surface area (Å²) in [6, 6.07) is 4.58. The van der Waals surface area contributed by atoms with Gasteiger partial charge < -0.3 is 11.1 Å². The van der Waals surface area contributed by atoms with Crippen molar-refractivity contribution in [3.63, 3.8) is 0 Å². The molecule has 1 aromatic rings. The zero-order valence-corrected chi connectivity index (χ0v) is 11.5. The molecule has 0 bridgehead atoms. The minimum absolute atomic E-state index is 0.133. The molecule has 1 amide bonds. The first-order valence-corrected chi connectivity index (χ1v) is 6.10. The van der Waals surface area contributed by atoms with Crippen LogP contribution in [0.5, 0.6) is 0 Å². The van der Waals surface area contributed by atoms with Gasteiger partial charge in [-0.05, 0) is 25.1 Å². The Bertz CT molecular complexity index is 451. The number of hydrogen-bond donors (Lipinski definition) is 2. The van der Waals surface area contributed by atoms with E-state index >= 15 is 0 Å². The number of rotatable bonds is 4. The summed E-state index contributed by atoms with van der Waals surface area (Å²) in [4.78, 5) is 12.2. The van der Waals surface area contributed by atoms with E-state index in [9.17, 15) is 4.79 Å². The number of benzene rings is 1. The number of hydrogen-bond acceptors (Lipinski definition) is 2. The lowest BCUT2D eigenvalue weighted by molar-refractivity contribution is 0.0941. The molecule has 1 rings (SSSR count). The molecule has 1 aromatic carbocycles. The van der Waals surface area contributed by atoms with Gasteiger partial charge in [-0.25, -0.2) is 0 Å². The largest absolute Gasteiger partial charge is 0.393 e. The maximum Gasteiger partial charge on any atom is 0.253 e. The average Bonchev–Trinajstić information content (AvgIpc) is 2.15. The fourth-order valence-electron chi connectivity index (χ4n) is 1.33. The average molecular weight is 291 g/mol. The van der Waals surface area contributed by atoms with Crippen molar-refractivity contribution < 1.29 is 4.79 Å². The van der Waals surface area contributed by atoms with Crippen LogP contribution >= 0.6 is 35.4 Å². The first-order chi connectivity index (χ1) is 7.90. The van der Waals surface area contributed by atoms with Gasteiger partial charge in [0.2, 0.25) is 0 Å². The van der Waals surface area contributed by atoms with Gasteiger partial charge >= 0.3 is 0 Å². The molecular formula is C11H12Cl2N2OS. The van der Waals surface area contributed by atoms with Gasteiger partial charge in [-0.2, -0.15) is 0 Å². The summed E-state index contributed by atoms with van der Waals surface area (Å²) in [6.07, 6.45) is 0.451. The molecule has 0 heterocycles. The summed E-state index contributed by atoms with van der Waals surface area (Å²) in [7, 11) is 0. The molecule has 0 aromatic heterocycles. The molecule has 0 aliphatic carbocycles. The van der Waals surface area contributed by atoms with Crippen LogP contribution in [0.2, 0.25) is 10.0 Å². The summed E-state index contributed by atoms with van der Waals surface area (Å²) in [5.41, 5.74) is 5.77. The quantitative estimate of drug-likeness (QED) is 0.839. The van der Waals surface area contributed by atoms with Crippen LogP contribution in [0.1, 0.15) is 23.7 Å². The van der Waals surface area contributed by atoms with Crippen molar-refractivity contribution in [2.45, 2.75) is 19.4 Å². The van der Waals surface area contributed by atoms with Crippen molar-refractivity contribution in [1.29, 1.82) is 0 Å². The Balaban J connectivity index is 2.73. The van der Waals surface area contributed by atoms with E-state index in [0.29, 0.717) is 27.0 Å². The Hall–Kier alpha value is -0.840. The van der Waals surface area contributed by atoms with Gasteiger partial charge in [0.05, 0.1) is 15.6 Å². The number of carbonyl (C=O) groups excluding carboxylic acids is 1. The van der Waals surface area contributed by atoms with Crippen molar-refractivity contribution in [3.8, 4) is 0 Å². The molecule has 0 fully saturated rings. The number of halogens is 2. The Morgan fingerprint density at radius 1 is 1.53 bits per heavy atom. The van der Waals surface area contributed by atoms with Crippen LogP contribution in [0.25, 0.3) is 0 Å². The van der Waals surface area contributed by atoms with Crippen molar-refractivity contribution in [2.75, 3.05) is 0 Å². The molecular weight excluding hydrogens is 279 g/mol. The van der Waals surface area contributed by atoms with Crippen molar-refractivity contribution in [2.24, 2.45) is 5.73 Å². The van der Waals surface area contributed by atoms with E-state index in [1.54, 1.807) is 12.1 Å². The van der Waals surface area contributed by atoms with Gasteiger partial charge in [0.15, 0.2) is 0 Å². The highest BCUT2D eigenvalue weighted by Crippen LogP contribution is 2.20. The first kappa shape index (κ1) is 14.2. The van der Waals surface area contributed by atoms with E-state index in [1.807, 2.05) is 6.92 Å². The Morgan fingerprint density at radius 2 is 2.18 bits per heavy atom. The molecule has 0 aliphatic rings. The molecule has 3 N–H and O–H groups in total. The van der Waals surface area contributed by atoms with E-state index in [4.69, 9.17) is 41.2 Å². The molecule has 17 heavy (non-hydrogen) atoms. The van der Waals surface area contributed by atoms with Crippen molar-refractivity contribution in [1.82, 2.24) is 5.32 Å². The Morgan fingerprint density at radius 3 is 2.71 bits per heavy atom. The molecule has 0 saturated carbocycles. The second kappa shape index (κ2) is 6.19. The summed E-state index contributed by atoms with van der Waals surface area (Å²) in [6.45, 7) is 1.82. The number of nitrogens with one attached hydrogen (secondary N) is 1. The van der Waals surface area contributed by atoms with Crippen molar-refractivity contribution >= 4 is 46.3 Å². The minimum atomic E-state index is -0.268. The maximum atomic E-state index is 11.8. The second-order valence-electron chi connectivity index (χ2n) is 3.67. The summed E-state index contributed by atoms with van der Waals surface area (Å²) in [5, 5.41) is 3.56. The third-order valence-electron chi connectivity index (χ3n) is 2.06. The number of nitrogens with two attached hydrogens (primary N) is 1. The van der Waals surface area contributed by atoms with E-state index < -0.39 is 0 Å². The zero-order valence-electron chi connectivity index (χ0n) is 9.17. The molecule has 1 unspecified atom stereocenters. The monoisotopic (exact) mass is 290 g/mol. The highest BCUT2D eigenvalue weighted by Gasteiger charge is 2.13. The van der Waals surface area contributed by atoms with Crippen LogP contribution in [-0.4, -0.2) is 16.9 Å². The molecule has 0 radical (unpaired) electrons. The molecule has 3 nitrogen and oxygen atoms in total. The van der Waals surface area contributed by atoms with E-state index in [-0.39, 0.29) is 11.9 Å². The predicted molar refractivity (Wildman–Crippen MR) is 74.8 cm³/mol. The van der Waals surface area contributed by atoms with Crippen LogP contribution < -0.4 is 11.1 Å². The standard InChI is InChI=1S/C11H12Cl2N2OS/c1-6(4-10(14)17)15-11(16)8-3-2-7(12)5-9(8)13/h2-3,5-6H,4H2,1H3,(H2,14,17)(H,15,16). The van der Waals surface area contributed by atoms with Crippen LogP contribution in [0.3, 0.4) is 0 Å². The lowest BCUT2D eigenvalue weighted by atomic mass is 10.1. The summed E-state index contributed by atoms with van der Waals surface area (Å²) in [5.74, 6) is -0.268. The lowest BCUT2D eigenvalue weighted by Gasteiger charge is -2.13. The molecule has 92 valence electrons. The Kier molecular flexibility index (Phi) is 5.18. The van der Waals surface area contributed by atoms with Gasteiger partial charge in [-0.1, -0.05) is 35.4 Å². The van der Waals surface area contributed by atoms with E-state index in [2.05, 4.69) is 5.32 Å². The van der Waals surface area contributed by atoms with Crippen LogP contribution in [-0.2, 0) is 0 Å². The van der Waals surface area contributed by atoms with Gasteiger partial charge in [0, 0.05) is 17.5 Å². The van der Waals surface area contributed by atoms with Crippen LogP contribution in [0.4, 0.5) is 0 Å². The van der Waals surface area contributed by atoms with Crippen LogP contribution in [0.15, 0.2) is 18.2 Å². The van der Waals surface area contributed by atoms with Crippen LogP contribution in [0, 0.1) is 0 Å². The maximum absolute atomic E-state index is 11.8. The van der Waals surface area contributed by atoms with Gasteiger partial charge in [0.25, 0.3) is 5.91 Å². The number of amides is 1. The molecule has 6 heteroatoms. The predicted octanol–water partition coefficient (Wildman–Crippen LogP) is 2.79. The third-order valence-corrected chi connectivity index (χ3v) is 2.78. The highest BCUT2D eigenvalue weighted by atomic mass is 35.5. The van der Waals surface area contributed by atoms with E-state index in [0.717, 1.165) is 0 Å². The SMILES string of the molecule is CC(CC(N)=S)NC(=O)c1ccc(Cl)cc1Cl. The molecule has 0 spiro atoms. The zero-order chi connectivity index (χ0) is 13.0. The normalized spacial score (nSPS) is 11.9. The first-order valence-electron chi connectivity index (χ1n) is 4.94.